The van der Waals surface area contributed by atoms with E-state index in [2.05, 4.69) is 16.7 Å². The second-order valence-electron chi connectivity index (χ2n) is 11.4. The molecular formula is C27H42N4O18. The quantitative estimate of drug-likeness (QED) is 0.0563. The summed E-state index contributed by atoms with van der Waals surface area (Å²) in [6.07, 6.45) is -19.7. The van der Waals surface area contributed by atoms with Crippen molar-refractivity contribution in [1.29, 1.82) is 0 Å². The summed E-state index contributed by atoms with van der Waals surface area (Å²) < 4.78 is 39.8. The molecule has 3 aliphatic heterocycles. The lowest BCUT2D eigenvalue weighted by atomic mass is 9.99. The molecule has 11 N–H and O–H groups in total. The molecule has 3 aliphatic rings. The minimum absolute atomic E-state index is 0.00372. The molecule has 3 fully saturated rings. The van der Waals surface area contributed by atoms with E-state index in [-0.39, 0.29) is 24.6 Å². The van der Waals surface area contributed by atoms with Gasteiger partial charge in [-0.2, -0.15) is 0 Å². The second-order valence-corrected chi connectivity index (χ2v) is 11.4. The summed E-state index contributed by atoms with van der Waals surface area (Å²) >= 11 is 0. The van der Waals surface area contributed by atoms with Crippen LogP contribution in [0.2, 0.25) is 0 Å². The van der Waals surface area contributed by atoms with E-state index in [0.29, 0.717) is 0 Å². The highest BCUT2D eigenvalue weighted by Crippen LogP contribution is 2.35. The van der Waals surface area contributed by atoms with Gasteiger partial charge in [0.2, 0.25) is 5.82 Å². The number of nitrogens with zero attached hydrogens (tertiary/aromatic N) is 3. The topological polar surface area (TPSA) is 338 Å². The van der Waals surface area contributed by atoms with Gasteiger partial charge in [-0.25, -0.2) is 9.67 Å². The van der Waals surface area contributed by atoms with Gasteiger partial charge in [-0.15, -0.1) is 5.10 Å². The fourth-order valence-corrected chi connectivity index (χ4v) is 5.27. The van der Waals surface area contributed by atoms with Crippen LogP contribution in [0.4, 0.5) is 0 Å². The standard InChI is InChI=1S/C27H42N4O18/c1-10(2-4-43-26-19(40)17(38)15(36)11(6-32)47-26)45-22-21(13(8-34)46-25(22)31-9-29-24(30-31)23(28)42)49-14(35)3-5-44-27-20(41)18(39)16(37)12(7-33)48-27/h9,11-13,15-22,25-27,32-34,36-41H,1-8H2,(H2,28,42)/t11?,12?,13-,15+,16+,17?,18?,19?,20?,21-,22-,25-,26-,27-/m1/s1. The van der Waals surface area contributed by atoms with Crippen LogP contribution in [0.15, 0.2) is 18.7 Å². The van der Waals surface area contributed by atoms with Crippen LogP contribution in [0.5, 0.6) is 0 Å². The Morgan fingerprint density at radius 3 is 1.78 bits per heavy atom. The lowest BCUT2D eigenvalue weighted by molar-refractivity contribution is -0.301. The molecular weight excluding hydrogens is 668 g/mol. The maximum atomic E-state index is 12.9. The van der Waals surface area contributed by atoms with Gasteiger partial charge >= 0.3 is 5.97 Å². The summed E-state index contributed by atoms with van der Waals surface area (Å²) in [4.78, 5) is 28.3. The molecule has 1 aromatic heterocycles. The Morgan fingerprint density at radius 2 is 1.29 bits per heavy atom. The highest BCUT2D eigenvalue weighted by Gasteiger charge is 2.51. The van der Waals surface area contributed by atoms with E-state index in [1.54, 1.807) is 0 Å². The highest BCUT2D eigenvalue weighted by molar-refractivity contribution is 5.88. The summed E-state index contributed by atoms with van der Waals surface area (Å²) in [7, 11) is 0. The van der Waals surface area contributed by atoms with Gasteiger partial charge < -0.3 is 84.9 Å². The monoisotopic (exact) mass is 710 g/mol. The van der Waals surface area contributed by atoms with E-state index in [1.807, 2.05) is 0 Å². The van der Waals surface area contributed by atoms with Crippen molar-refractivity contribution < 1.29 is 88.7 Å². The molecule has 49 heavy (non-hydrogen) atoms. The number of rotatable bonds is 16. The van der Waals surface area contributed by atoms with E-state index in [9.17, 15) is 55.5 Å². The number of aromatic nitrogens is 3. The molecule has 0 spiro atoms. The Bertz CT molecular complexity index is 1250. The van der Waals surface area contributed by atoms with Crippen LogP contribution in [0.1, 0.15) is 29.7 Å². The van der Waals surface area contributed by atoms with E-state index < -0.39 is 131 Å². The number of esters is 1. The molecule has 0 saturated carbocycles. The highest BCUT2D eigenvalue weighted by atomic mass is 16.7. The van der Waals surface area contributed by atoms with Gasteiger partial charge in [0.25, 0.3) is 5.91 Å². The lowest BCUT2D eigenvalue weighted by Crippen LogP contribution is -2.59. The van der Waals surface area contributed by atoms with Gasteiger partial charge in [-0.05, 0) is 0 Å². The molecule has 22 heteroatoms. The summed E-state index contributed by atoms with van der Waals surface area (Å²) in [5, 5.41) is 92.8. The number of carbonyl (C=O) groups is 2. The number of primary amides is 1. The van der Waals surface area contributed by atoms with Gasteiger partial charge in [0.05, 0.1) is 45.2 Å². The Balaban J connectivity index is 1.40. The minimum Gasteiger partial charge on any atom is -0.486 e. The first-order valence-electron chi connectivity index (χ1n) is 15.2. The molecule has 4 rings (SSSR count). The van der Waals surface area contributed by atoms with Crippen molar-refractivity contribution in [1.82, 2.24) is 14.8 Å². The average Bonchev–Trinajstić information content (AvgIpc) is 3.70. The number of ether oxygens (including phenoxy) is 7. The van der Waals surface area contributed by atoms with E-state index in [4.69, 9.17) is 38.9 Å². The third kappa shape index (κ3) is 9.05. The second kappa shape index (κ2) is 17.3. The molecule has 4 heterocycles. The predicted octanol–water partition coefficient (Wildman–Crippen LogP) is -6.51. The zero-order valence-corrected chi connectivity index (χ0v) is 25.9. The summed E-state index contributed by atoms with van der Waals surface area (Å²) in [5.41, 5.74) is 5.25. The number of amides is 1. The molecule has 0 aliphatic carbocycles. The number of nitrogens with two attached hydrogens (primary N) is 1. The number of hydrogen-bond acceptors (Lipinski definition) is 20. The molecule has 14 atom stereocenters. The number of aliphatic hydroxyl groups excluding tert-OH is 9. The van der Waals surface area contributed by atoms with Crippen LogP contribution in [-0.2, 0) is 38.0 Å². The molecule has 0 bridgehead atoms. The van der Waals surface area contributed by atoms with E-state index in [0.717, 1.165) is 11.0 Å². The molecule has 0 aromatic carbocycles. The van der Waals surface area contributed by atoms with Crippen molar-refractivity contribution in [3.05, 3.63) is 24.5 Å². The molecule has 3 saturated heterocycles. The average molecular weight is 711 g/mol. The molecule has 278 valence electrons. The van der Waals surface area contributed by atoms with E-state index in [1.165, 1.54) is 0 Å². The van der Waals surface area contributed by atoms with Crippen LogP contribution in [0.3, 0.4) is 0 Å². The van der Waals surface area contributed by atoms with Gasteiger partial charge in [-0.3, -0.25) is 9.59 Å². The van der Waals surface area contributed by atoms with Crippen LogP contribution < -0.4 is 5.73 Å². The normalized spacial score (nSPS) is 37.9. The van der Waals surface area contributed by atoms with Crippen LogP contribution >= 0.6 is 0 Å². The van der Waals surface area contributed by atoms with Crippen LogP contribution in [0.25, 0.3) is 0 Å². The lowest BCUT2D eigenvalue weighted by Gasteiger charge is -2.39. The molecule has 22 nitrogen and oxygen atoms in total. The minimum atomic E-state index is -1.70. The third-order valence-corrected chi connectivity index (χ3v) is 7.97. The van der Waals surface area contributed by atoms with Gasteiger partial charge in [0.15, 0.2) is 31.0 Å². The predicted molar refractivity (Wildman–Crippen MR) is 152 cm³/mol. The van der Waals surface area contributed by atoms with Gasteiger partial charge in [0, 0.05) is 6.42 Å². The molecule has 0 radical (unpaired) electrons. The SMILES string of the molecule is C=C(CCO[C@@H]1OC(CO)[C@H](O)C(O)C1O)O[C@@H]1[C@H](OC(=O)CCO[C@@H]2OC(CO)[C@H](O)C(O)C2O)[C@@H](CO)O[C@H]1n1cnc(C(N)=O)n1. The number of hydrogen-bond donors (Lipinski definition) is 10. The smallest absolute Gasteiger partial charge is 0.308 e. The van der Waals surface area contributed by atoms with Crippen LogP contribution in [-0.4, -0.2) is 185 Å². The van der Waals surface area contributed by atoms with Crippen molar-refractivity contribution in [3.8, 4) is 0 Å². The van der Waals surface area contributed by atoms with Crippen molar-refractivity contribution in [2.24, 2.45) is 5.73 Å². The molecule has 1 amide bonds. The van der Waals surface area contributed by atoms with Crippen molar-refractivity contribution >= 4 is 11.9 Å². The fourth-order valence-electron chi connectivity index (χ4n) is 5.27. The molecule has 1 aromatic rings. The number of aliphatic hydroxyl groups is 9. The third-order valence-electron chi connectivity index (χ3n) is 7.97. The fraction of sp³-hybridized carbons (Fsp3) is 0.778. The Hall–Kier alpha value is -2.94. The van der Waals surface area contributed by atoms with Gasteiger partial charge in [-0.1, -0.05) is 6.58 Å². The summed E-state index contributed by atoms with van der Waals surface area (Å²) in [6.45, 7) is 1.15. The van der Waals surface area contributed by atoms with Crippen molar-refractivity contribution in [2.75, 3.05) is 33.0 Å². The zero-order chi connectivity index (χ0) is 36.0. The number of carbonyl (C=O) groups excluding carboxylic acids is 2. The Kier molecular flexibility index (Phi) is 13.7. The first kappa shape index (κ1) is 38.9. The maximum absolute atomic E-state index is 12.9. The first-order chi connectivity index (χ1) is 23.3. The maximum Gasteiger partial charge on any atom is 0.308 e. The summed E-state index contributed by atoms with van der Waals surface area (Å²) in [6, 6.07) is 0. The first-order valence-corrected chi connectivity index (χ1v) is 15.2. The largest absolute Gasteiger partial charge is 0.486 e. The van der Waals surface area contributed by atoms with Crippen molar-refractivity contribution in [2.45, 2.75) is 98.8 Å². The zero-order valence-electron chi connectivity index (χ0n) is 25.9. The Labute approximate surface area is 277 Å². The molecule has 6 unspecified atom stereocenters. The van der Waals surface area contributed by atoms with E-state index >= 15 is 0 Å². The Morgan fingerprint density at radius 1 is 0.755 bits per heavy atom. The van der Waals surface area contributed by atoms with Crippen molar-refractivity contribution in [3.63, 3.8) is 0 Å². The van der Waals surface area contributed by atoms with Gasteiger partial charge in [0.1, 0.15) is 61.3 Å². The summed E-state index contributed by atoms with van der Waals surface area (Å²) in [5.74, 6) is -2.23. The van der Waals surface area contributed by atoms with Crippen LogP contribution in [0, 0.1) is 0 Å².